The fourth-order valence-electron chi connectivity index (χ4n) is 2.83. The maximum atomic E-state index is 12.4. The van der Waals surface area contributed by atoms with Crippen molar-refractivity contribution in [3.63, 3.8) is 0 Å². The van der Waals surface area contributed by atoms with Crippen molar-refractivity contribution in [3.05, 3.63) is 87.2 Å². The number of benzene rings is 2. The standard InChI is InChI=1S/C20H19N5O4/c1-12(21-20(27)17-18(25(28)29)13(2)23-24-17)15-9-6-10-16(11-15)22-19(26)14-7-4-3-5-8-14/h3-12H,1-2H3,(H,21,27)(H,22,26)(H,23,24). The van der Waals surface area contributed by atoms with Gasteiger partial charge >= 0.3 is 5.69 Å². The van der Waals surface area contributed by atoms with Crippen molar-refractivity contribution >= 4 is 23.2 Å². The van der Waals surface area contributed by atoms with Crippen molar-refractivity contribution in [1.29, 1.82) is 0 Å². The second-order valence-corrected chi connectivity index (χ2v) is 6.44. The Morgan fingerprint density at radius 3 is 2.52 bits per heavy atom. The molecule has 1 aromatic heterocycles. The van der Waals surface area contributed by atoms with Crippen LogP contribution in [-0.2, 0) is 0 Å². The maximum Gasteiger partial charge on any atom is 0.322 e. The number of aromatic amines is 1. The summed E-state index contributed by atoms with van der Waals surface area (Å²) in [6, 6.07) is 15.3. The Morgan fingerprint density at radius 1 is 1.10 bits per heavy atom. The summed E-state index contributed by atoms with van der Waals surface area (Å²) in [6.45, 7) is 3.21. The minimum atomic E-state index is -0.660. The molecule has 0 aliphatic carbocycles. The molecule has 2 amide bonds. The number of nitrogens with one attached hydrogen (secondary N) is 3. The van der Waals surface area contributed by atoms with E-state index in [2.05, 4.69) is 20.8 Å². The number of H-pyrrole nitrogens is 1. The molecule has 1 unspecified atom stereocenters. The lowest BCUT2D eigenvalue weighted by Crippen LogP contribution is -2.27. The minimum Gasteiger partial charge on any atom is -0.344 e. The Morgan fingerprint density at radius 2 is 1.83 bits per heavy atom. The van der Waals surface area contributed by atoms with E-state index in [1.165, 1.54) is 6.92 Å². The number of aryl methyl sites for hydroxylation is 1. The molecule has 0 saturated heterocycles. The zero-order chi connectivity index (χ0) is 21.0. The Labute approximate surface area is 166 Å². The number of rotatable bonds is 6. The molecule has 1 heterocycles. The first-order chi connectivity index (χ1) is 13.9. The summed E-state index contributed by atoms with van der Waals surface area (Å²) in [5.74, 6) is -0.908. The molecular formula is C20H19N5O4. The third-order valence-corrected chi connectivity index (χ3v) is 4.34. The van der Waals surface area contributed by atoms with Crippen molar-refractivity contribution in [2.45, 2.75) is 19.9 Å². The highest BCUT2D eigenvalue weighted by Gasteiger charge is 2.28. The smallest absolute Gasteiger partial charge is 0.322 e. The van der Waals surface area contributed by atoms with E-state index >= 15 is 0 Å². The summed E-state index contributed by atoms with van der Waals surface area (Å²) in [5.41, 5.74) is 1.41. The Balaban J connectivity index is 1.73. The number of amides is 2. The van der Waals surface area contributed by atoms with Crippen LogP contribution in [0.3, 0.4) is 0 Å². The lowest BCUT2D eigenvalue weighted by Gasteiger charge is -2.15. The largest absolute Gasteiger partial charge is 0.344 e. The van der Waals surface area contributed by atoms with E-state index in [-0.39, 0.29) is 23.0 Å². The molecule has 148 valence electrons. The van der Waals surface area contributed by atoms with Crippen LogP contribution in [0.25, 0.3) is 0 Å². The molecule has 1 atom stereocenters. The van der Waals surface area contributed by atoms with Gasteiger partial charge in [-0.25, -0.2) is 0 Å². The fourth-order valence-corrected chi connectivity index (χ4v) is 2.83. The number of carbonyl (C=O) groups excluding carboxylic acids is 2. The van der Waals surface area contributed by atoms with Gasteiger partial charge in [-0.2, -0.15) is 5.10 Å². The maximum absolute atomic E-state index is 12.4. The van der Waals surface area contributed by atoms with Gasteiger partial charge in [-0.15, -0.1) is 0 Å². The fraction of sp³-hybridized carbons (Fsp3) is 0.150. The van der Waals surface area contributed by atoms with E-state index in [1.54, 1.807) is 55.5 Å². The summed E-state index contributed by atoms with van der Waals surface area (Å²) in [7, 11) is 0. The molecule has 0 fully saturated rings. The van der Waals surface area contributed by atoms with Crippen molar-refractivity contribution in [2.24, 2.45) is 0 Å². The monoisotopic (exact) mass is 393 g/mol. The summed E-state index contributed by atoms with van der Waals surface area (Å²) < 4.78 is 0. The molecule has 3 aromatic rings. The lowest BCUT2D eigenvalue weighted by molar-refractivity contribution is -0.385. The van der Waals surface area contributed by atoms with Gasteiger partial charge in [0.15, 0.2) is 0 Å². The summed E-state index contributed by atoms with van der Waals surface area (Å²) >= 11 is 0. The molecule has 3 N–H and O–H groups in total. The Hall–Kier alpha value is -4.01. The van der Waals surface area contributed by atoms with Crippen LogP contribution in [0.4, 0.5) is 11.4 Å². The molecule has 0 spiro atoms. The lowest BCUT2D eigenvalue weighted by atomic mass is 10.1. The normalized spacial score (nSPS) is 11.5. The summed E-state index contributed by atoms with van der Waals surface area (Å²) in [5, 5.41) is 22.9. The van der Waals surface area contributed by atoms with Gasteiger partial charge in [0, 0.05) is 11.3 Å². The highest BCUT2D eigenvalue weighted by Crippen LogP contribution is 2.22. The van der Waals surface area contributed by atoms with Gasteiger partial charge < -0.3 is 10.6 Å². The van der Waals surface area contributed by atoms with Gasteiger partial charge in [-0.1, -0.05) is 30.3 Å². The van der Waals surface area contributed by atoms with Crippen LogP contribution in [-0.4, -0.2) is 26.9 Å². The van der Waals surface area contributed by atoms with Crippen LogP contribution in [0.1, 0.15) is 45.1 Å². The average molecular weight is 393 g/mol. The highest BCUT2D eigenvalue weighted by atomic mass is 16.6. The van der Waals surface area contributed by atoms with Gasteiger partial charge in [0.05, 0.1) is 11.0 Å². The van der Waals surface area contributed by atoms with Gasteiger partial charge in [0.1, 0.15) is 5.69 Å². The SMILES string of the molecule is Cc1[nH]nc(C(=O)NC(C)c2cccc(NC(=O)c3ccccc3)c2)c1[N+](=O)[O-]. The third-order valence-electron chi connectivity index (χ3n) is 4.34. The number of carbonyl (C=O) groups is 2. The average Bonchev–Trinajstić information content (AvgIpc) is 3.10. The second-order valence-electron chi connectivity index (χ2n) is 6.44. The molecule has 0 aliphatic heterocycles. The first-order valence-electron chi connectivity index (χ1n) is 8.83. The van der Waals surface area contributed by atoms with Crippen LogP contribution in [0, 0.1) is 17.0 Å². The quantitative estimate of drug-likeness (QED) is 0.437. The Bertz CT molecular complexity index is 1060. The minimum absolute atomic E-state index is 0.207. The molecule has 0 radical (unpaired) electrons. The van der Waals surface area contributed by atoms with Crippen molar-refractivity contribution in [3.8, 4) is 0 Å². The first kappa shape index (κ1) is 19.7. The molecule has 3 rings (SSSR count). The Kier molecular flexibility index (Phi) is 5.68. The van der Waals surface area contributed by atoms with Gasteiger partial charge in [0.2, 0.25) is 5.69 Å². The predicted molar refractivity (Wildman–Crippen MR) is 107 cm³/mol. The molecule has 2 aromatic carbocycles. The number of hydrogen-bond donors (Lipinski definition) is 3. The zero-order valence-electron chi connectivity index (χ0n) is 15.8. The molecule has 0 aliphatic rings. The molecule has 0 saturated carbocycles. The molecule has 29 heavy (non-hydrogen) atoms. The van der Waals surface area contributed by atoms with E-state index in [9.17, 15) is 19.7 Å². The topological polar surface area (TPSA) is 130 Å². The van der Waals surface area contributed by atoms with Crippen molar-refractivity contribution < 1.29 is 14.5 Å². The third kappa shape index (κ3) is 4.46. The van der Waals surface area contributed by atoms with Crippen LogP contribution < -0.4 is 10.6 Å². The zero-order valence-corrected chi connectivity index (χ0v) is 15.8. The molecular weight excluding hydrogens is 374 g/mol. The van der Waals surface area contributed by atoms with E-state index in [1.807, 2.05) is 6.07 Å². The van der Waals surface area contributed by atoms with E-state index in [0.717, 1.165) is 5.56 Å². The van der Waals surface area contributed by atoms with Crippen LogP contribution in [0.5, 0.6) is 0 Å². The number of anilines is 1. The molecule has 9 nitrogen and oxygen atoms in total. The molecule has 9 heteroatoms. The van der Waals surface area contributed by atoms with Gasteiger partial charge in [-0.05, 0) is 43.7 Å². The van der Waals surface area contributed by atoms with E-state index in [4.69, 9.17) is 0 Å². The number of hydrogen-bond acceptors (Lipinski definition) is 5. The van der Waals surface area contributed by atoms with Crippen molar-refractivity contribution in [2.75, 3.05) is 5.32 Å². The first-order valence-corrected chi connectivity index (χ1v) is 8.83. The predicted octanol–water partition coefficient (Wildman–Crippen LogP) is 3.37. The summed E-state index contributed by atoms with van der Waals surface area (Å²) in [6.07, 6.45) is 0. The van der Waals surface area contributed by atoms with E-state index in [0.29, 0.717) is 11.3 Å². The number of aromatic nitrogens is 2. The second kappa shape index (κ2) is 8.34. The van der Waals surface area contributed by atoms with Crippen LogP contribution in [0.15, 0.2) is 54.6 Å². The summed E-state index contributed by atoms with van der Waals surface area (Å²) in [4.78, 5) is 35.3. The number of nitrogens with zero attached hydrogens (tertiary/aromatic N) is 2. The van der Waals surface area contributed by atoms with E-state index < -0.39 is 16.9 Å². The van der Waals surface area contributed by atoms with Crippen molar-refractivity contribution in [1.82, 2.24) is 15.5 Å². The van der Waals surface area contributed by atoms with Crippen LogP contribution >= 0.6 is 0 Å². The molecule has 0 bridgehead atoms. The highest BCUT2D eigenvalue weighted by molar-refractivity contribution is 6.04. The van der Waals surface area contributed by atoms with Crippen LogP contribution in [0.2, 0.25) is 0 Å². The van der Waals surface area contributed by atoms with Gasteiger partial charge in [-0.3, -0.25) is 24.8 Å². The number of nitro groups is 1. The van der Waals surface area contributed by atoms with Gasteiger partial charge in [0.25, 0.3) is 11.8 Å².